The molecule has 1 fully saturated rings. The molecule has 1 N–H and O–H groups in total. The highest BCUT2D eigenvalue weighted by Gasteiger charge is 2.29. The minimum atomic E-state index is -0.192. The number of hydrogen-bond acceptors (Lipinski definition) is 1. The van der Waals surface area contributed by atoms with Crippen molar-refractivity contribution in [2.24, 2.45) is 0 Å². The van der Waals surface area contributed by atoms with Crippen molar-refractivity contribution in [3.8, 4) is 0 Å². The Morgan fingerprint density at radius 2 is 1.65 bits per heavy atom. The Bertz CT molecular complexity index is 574. The molecule has 0 atom stereocenters. The van der Waals surface area contributed by atoms with Crippen LogP contribution in [-0.2, 0) is 6.54 Å². The van der Waals surface area contributed by atoms with Gasteiger partial charge in [-0.15, -0.1) is 0 Å². The van der Waals surface area contributed by atoms with E-state index in [2.05, 4.69) is 5.32 Å². The van der Waals surface area contributed by atoms with E-state index in [1.807, 2.05) is 18.2 Å². The largest absolute Gasteiger partial charge is 0.310 e. The molecule has 20 heavy (non-hydrogen) atoms. The minimum absolute atomic E-state index is 0.158. The van der Waals surface area contributed by atoms with E-state index in [1.165, 1.54) is 23.8 Å². The molecule has 3 rings (SSSR count). The summed E-state index contributed by atoms with van der Waals surface area (Å²) in [5.74, 6) is 0.144. The van der Waals surface area contributed by atoms with E-state index in [-0.39, 0.29) is 11.6 Å². The van der Waals surface area contributed by atoms with Gasteiger partial charge in [0.25, 0.3) is 0 Å². The maximum absolute atomic E-state index is 13.5. The van der Waals surface area contributed by atoms with Gasteiger partial charge in [0.2, 0.25) is 0 Å². The normalized spacial score (nSPS) is 21.5. The van der Waals surface area contributed by atoms with Crippen LogP contribution in [0.2, 0.25) is 0 Å². The lowest BCUT2D eigenvalue weighted by atomic mass is 9.76. The smallest absolute Gasteiger partial charge is 0.127 e. The second-order valence-electron chi connectivity index (χ2n) is 5.39. The van der Waals surface area contributed by atoms with E-state index in [0.29, 0.717) is 24.1 Å². The fraction of sp³-hybridized carbons (Fsp3) is 0.294. The quantitative estimate of drug-likeness (QED) is 0.887. The zero-order chi connectivity index (χ0) is 13.9. The predicted molar refractivity (Wildman–Crippen MR) is 75.4 cm³/mol. The maximum Gasteiger partial charge on any atom is 0.127 e. The fourth-order valence-corrected chi connectivity index (χ4v) is 2.69. The summed E-state index contributed by atoms with van der Waals surface area (Å²) in [5, 5.41) is 3.37. The Labute approximate surface area is 117 Å². The van der Waals surface area contributed by atoms with Crippen LogP contribution in [0.3, 0.4) is 0 Å². The summed E-state index contributed by atoms with van der Waals surface area (Å²) < 4.78 is 26.3. The number of halogens is 2. The Balaban J connectivity index is 1.49. The molecule has 0 heterocycles. The molecule has 0 bridgehead atoms. The molecule has 1 saturated carbocycles. The van der Waals surface area contributed by atoms with Crippen LogP contribution >= 0.6 is 0 Å². The molecule has 0 spiro atoms. The van der Waals surface area contributed by atoms with E-state index >= 15 is 0 Å². The highest BCUT2D eigenvalue weighted by atomic mass is 19.1. The lowest BCUT2D eigenvalue weighted by Gasteiger charge is -2.36. The minimum Gasteiger partial charge on any atom is -0.310 e. The van der Waals surface area contributed by atoms with Crippen molar-refractivity contribution >= 4 is 0 Å². The molecular weight excluding hydrogens is 256 g/mol. The maximum atomic E-state index is 13.5. The lowest BCUT2D eigenvalue weighted by Crippen LogP contribution is -2.39. The number of rotatable bonds is 4. The first kappa shape index (κ1) is 13.3. The van der Waals surface area contributed by atoms with Gasteiger partial charge in [-0.05, 0) is 42.5 Å². The van der Waals surface area contributed by atoms with Gasteiger partial charge in [0, 0.05) is 18.2 Å². The van der Waals surface area contributed by atoms with Crippen LogP contribution in [0.15, 0.2) is 48.5 Å². The average Bonchev–Trinajstić information content (AvgIpc) is 2.41. The summed E-state index contributed by atoms with van der Waals surface area (Å²) in [6.45, 7) is 0.563. The molecule has 2 aromatic rings. The van der Waals surface area contributed by atoms with Crippen molar-refractivity contribution < 1.29 is 8.78 Å². The van der Waals surface area contributed by atoms with Gasteiger partial charge in [0.1, 0.15) is 11.6 Å². The summed E-state index contributed by atoms with van der Waals surface area (Å²) in [4.78, 5) is 0. The second-order valence-corrected chi connectivity index (χ2v) is 5.39. The summed E-state index contributed by atoms with van der Waals surface area (Å²) in [5.41, 5.74) is 1.90. The first-order valence-corrected chi connectivity index (χ1v) is 6.94. The Hall–Kier alpha value is -1.74. The van der Waals surface area contributed by atoms with Gasteiger partial charge in [-0.25, -0.2) is 8.78 Å². The Kier molecular flexibility index (Phi) is 3.79. The molecule has 1 aliphatic carbocycles. The van der Waals surface area contributed by atoms with Gasteiger partial charge < -0.3 is 5.32 Å². The fourth-order valence-electron chi connectivity index (χ4n) is 2.69. The summed E-state index contributed by atoms with van der Waals surface area (Å²) in [6.07, 6.45) is 2.06. The van der Waals surface area contributed by atoms with Crippen molar-refractivity contribution in [2.45, 2.75) is 31.3 Å². The zero-order valence-corrected chi connectivity index (χ0v) is 11.2. The third-order valence-corrected chi connectivity index (χ3v) is 4.02. The van der Waals surface area contributed by atoms with E-state index in [0.717, 1.165) is 12.8 Å². The molecule has 2 aromatic carbocycles. The molecule has 104 valence electrons. The van der Waals surface area contributed by atoms with Gasteiger partial charge in [-0.2, -0.15) is 0 Å². The molecular formula is C17H17F2N. The van der Waals surface area contributed by atoms with E-state index in [9.17, 15) is 8.78 Å². The van der Waals surface area contributed by atoms with Crippen molar-refractivity contribution in [2.75, 3.05) is 0 Å². The monoisotopic (exact) mass is 273 g/mol. The lowest BCUT2D eigenvalue weighted by molar-refractivity contribution is 0.288. The first-order chi connectivity index (χ1) is 9.72. The highest BCUT2D eigenvalue weighted by Crippen LogP contribution is 2.36. The molecule has 0 unspecified atom stereocenters. The van der Waals surface area contributed by atoms with E-state index < -0.39 is 0 Å². The third-order valence-electron chi connectivity index (χ3n) is 4.02. The van der Waals surface area contributed by atoms with Crippen molar-refractivity contribution in [3.63, 3.8) is 0 Å². The summed E-state index contributed by atoms with van der Waals surface area (Å²) >= 11 is 0. The van der Waals surface area contributed by atoms with Gasteiger partial charge in [0.15, 0.2) is 0 Å². The van der Waals surface area contributed by atoms with Crippen LogP contribution in [0.4, 0.5) is 8.78 Å². The van der Waals surface area contributed by atoms with E-state index in [4.69, 9.17) is 0 Å². The molecule has 0 aliphatic heterocycles. The van der Waals surface area contributed by atoms with Crippen LogP contribution in [0.1, 0.15) is 29.9 Å². The predicted octanol–water partition coefficient (Wildman–Crippen LogP) is 4.00. The molecule has 0 saturated heterocycles. The van der Waals surface area contributed by atoms with Crippen molar-refractivity contribution in [1.29, 1.82) is 0 Å². The van der Waals surface area contributed by atoms with Crippen LogP contribution < -0.4 is 5.32 Å². The summed E-state index contributed by atoms with van der Waals surface area (Å²) in [7, 11) is 0. The van der Waals surface area contributed by atoms with Crippen molar-refractivity contribution in [3.05, 3.63) is 71.3 Å². The van der Waals surface area contributed by atoms with Crippen LogP contribution in [-0.4, -0.2) is 6.04 Å². The van der Waals surface area contributed by atoms with Gasteiger partial charge in [-0.1, -0.05) is 30.3 Å². The average molecular weight is 273 g/mol. The second kappa shape index (κ2) is 5.71. The highest BCUT2D eigenvalue weighted by molar-refractivity contribution is 5.24. The van der Waals surface area contributed by atoms with Crippen LogP contribution in [0, 0.1) is 11.6 Å². The Morgan fingerprint density at radius 3 is 2.35 bits per heavy atom. The molecule has 3 heteroatoms. The van der Waals surface area contributed by atoms with Gasteiger partial charge in [0.05, 0.1) is 0 Å². The van der Waals surface area contributed by atoms with Crippen LogP contribution in [0.25, 0.3) is 0 Å². The molecule has 0 aromatic heterocycles. The molecule has 1 aliphatic rings. The SMILES string of the molecule is Fc1ccc(C2CC(NCc3ccccc3F)C2)cc1. The topological polar surface area (TPSA) is 12.0 Å². The molecule has 0 radical (unpaired) electrons. The zero-order valence-electron chi connectivity index (χ0n) is 11.2. The Morgan fingerprint density at radius 1 is 0.950 bits per heavy atom. The standard InChI is InChI=1S/C17H17F2N/c18-15-7-5-12(6-8-15)14-9-16(10-14)20-11-13-3-1-2-4-17(13)19/h1-8,14,16,20H,9-11H2. The summed E-state index contributed by atoms with van der Waals surface area (Å²) in [6, 6.07) is 14.0. The number of hydrogen-bond donors (Lipinski definition) is 1. The van der Waals surface area contributed by atoms with Crippen LogP contribution in [0.5, 0.6) is 0 Å². The third kappa shape index (κ3) is 2.88. The van der Waals surface area contributed by atoms with Gasteiger partial charge >= 0.3 is 0 Å². The number of benzene rings is 2. The van der Waals surface area contributed by atoms with Gasteiger partial charge in [-0.3, -0.25) is 0 Å². The van der Waals surface area contributed by atoms with E-state index in [1.54, 1.807) is 12.1 Å². The molecule has 0 amide bonds. The van der Waals surface area contributed by atoms with Crippen molar-refractivity contribution in [1.82, 2.24) is 5.32 Å². The molecule has 1 nitrogen and oxygen atoms in total. The number of nitrogens with one attached hydrogen (secondary N) is 1. The first-order valence-electron chi connectivity index (χ1n) is 6.94.